The van der Waals surface area contributed by atoms with Crippen LogP contribution in [0.3, 0.4) is 0 Å². The number of carbonyl (C=O) groups excluding carboxylic acids is 2. The van der Waals surface area contributed by atoms with Gasteiger partial charge in [-0.2, -0.15) is 0 Å². The van der Waals surface area contributed by atoms with Crippen LogP contribution >= 0.6 is 0 Å². The Balaban J connectivity index is 1.94. The van der Waals surface area contributed by atoms with Gasteiger partial charge < -0.3 is 4.74 Å². The molecule has 1 saturated carbocycles. The Morgan fingerprint density at radius 2 is 1.89 bits per heavy atom. The molecule has 1 aliphatic carbocycles. The number of nitrogens with zero attached hydrogens (tertiary/aromatic N) is 1. The lowest BCUT2D eigenvalue weighted by atomic mass is 10.1. The molecule has 0 amide bonds. The summed E-state index contributed by atoms with van der Waals surface area (Å²) in [4.78, 5) is 24.2. The first-order chi connectivity index (χ1) is 13.3. The van der Waals surface area contributed by atoms with Crippen LogP contribution in [0.4, 0.5) is 5.69 Å². The number of benzene rings is 2. The molecule has 0 bridgehead atoms. The zero-order chi connectivity index (χ0) is 20.3. The van der Waals surface area contributed by atoms with Gasteiger partial charge in [-0.1, -0.05) is 24.3 Å². The third-order valence-corrected chi connectivity index (χ3v) is 6.87. The van der Waals surface area contributed by atoms with Crippen molar-refractivity contribution in [3.63, 3.8) is 0 Å². The number of sulfonamides is 1. The molecule has 2 aromatic rings. The normalized spacial score (nSPS) is 16.8. The summed E-state index contributed by atoms with van der Waals surface area (Å²) >= 11 is 0. The fraction of sp³-hybridized carbons (Fsp3) is 0.333. The predicted molar refractivity (Wildman–Crippen MR) is 106 cm³/mol. The highest BCUT2D eigenvalue weighted by atomic mass is 32.2. The monoisotopic (exact) mass is 401 g/mol. The van der Waals surface area contributed by atoms with Crippen molar-refractivity contribution < 1.29 is 22.7 Å². The summed E-state index contributed by atoms with van der Waals surface area (Å²) in [6.07, 6.45) is 0.894. The Morgan fingerprint density at radius 1 is 1.18 bits per heavy atom. The molecule has 0 N–H and O–H groups in total. The van der Waals surface area contributed by atoms with Crippen molar-refractivity contribution in [2.45, 2.75) is 44.1 Å². The smallest absolute Gasteiger partial charge is 0.338 e. The van der Waals surface area contributed by atoms with E-state index in [2.05, 4.69) is 0 Å². The van der Waals surface area contributed by atoms with E-state index in [1.807, 2.05) is 6.07 Å². The van der Waals surface area contributed by atoms with Crippen LogP contribution in [0.1, 0.15) is 42.1 Å². The summed E-state index contributed by atoms with van der Waals surface area (Å²) < 4.78 is 33.1. The lowest BCUT2D eigenvalue weighted by Gasteiger charge is -2.24. The Bertz CT molecular complexity index is 985. The van der Waals surface area contributed by atoms with E-state index >= 15 is 0 Å². The third kappa shape index (κ3) is 3.94. The zero-order valence-corrected chi connectivity index (χ0v) is 16.7. The van der Waals surface area contributed by atoms with Gasteiger partial charge >= 0.3 is 5.97 Å². The lowest BCUT2D eigenvalue weighted by Crippen LogP contribution is -2.31. The molecule has 0 heterocycles. The number of ether oxygens (including phenoxy) is 1. The SMILES string of the molecule is CCN(c1ccccc1)S(=O)(=O)c1cc(C(=O)O[C@H]2CCCC2=O)ccc1C. The van der Waals surface area contributed by atoms with Crippen molar-refractivity contribution >= 4 is 27.5 Å². The van der Waals surface area contributed by atoms with Gasteiger partial charge in [0.25, 0.3) is 10.0 Å². The lowest BCUT2D eigenvalue weighted by molar-refractivity contribution is -0.124. The summed E-state index contributed by atoms with van der Waals surface area (Å²) in [5.74, 6) is -0.769. The van der Waals surface area contributed by atoms with Gasteiger partial charge in [-0.3, -0.25) is 9.10 Å². The summed E-state index contributed by atoms with van der Waals surface area (Å²) in [5.41, 5.74) is 1.20. The Morgan fingerprint density at radius 3 is 2.50 bits per heavy atom. The summed E-state index contributed by atoms with van der Waals surface area (Å²) in [6.45, 7) is 3.68. The molecule has 0 spiro atoms. The highest BCUT2D eigenvalue weighted by Gasteiger charge is 2.30. The molecule has 28 heavy (non-hydrogen) atoms. The van der Waals surface area contributed by atoms with Crippen LogP contribution < -0.4 is 4.31 Å². The number of hydrogen-bond acceptors (Lipinski definition) is 5. The summed E-state index contributed by atoms with van der Waals surface area (Å²) in [6, 6.07) is 13.2. The Labute approximate surface area is 165 Å². The molecule has 0 saturated heterocycles. The maximum absolute atomic E-state index is 13.3. The van der Waals surface area contributed by atoms with Crippen LogP contribution in [0, 0.1) is 6.92 Å². The van der Waals surface area contributed by atoms with Crippen LogP contribution in [-0.2, 0) is 19.6 Å². The van der Waals surface area contributed by atoms with Crippen molar-refractivity contribution in [2.24, 2.45) is 0 Å². The minimum Gasteiger partial charge on any atom is -0.451 e. The molecule has 0 radical (unpaired) electrons. The fourth-order valence-electron chi connectivity index (χ4n) is 3.31. The molecule has 2 aromatic carbocycles. The second kappa shape index (κ2) is 8.14. The van der Waals surface area contributed by atoms with Crippen LogP contribution in [0.2, 0.25) is 0 Å². The van der Waals surface area contributed by atoms with Gasteiger partial charge in [-0.05, 0) is 56.5 Å². The number of carbonyl (C=O) groups is 2. The topological polar surface area (TPSA) is 80.8 Å². The molecule has 1 aliphatic rings. The van der Waals surface area contributed by atoms with Gasteiger partial charge in [0.2, 0.25) is 0 Å². The fourth-order valence-corrected chi connectivity index (χ4v) is 5.04. The van der Waals surface area contributed by atoms with Crippen molar-refractivity contribution in [1.29, 1.82) is 0 Å². The van der Waals surface area contributed by atoms with Crippen molar-refractivity contribution in [3.8, 4) is 0 Å². The Hall–Kier alpha value is -2.67. The molecule has 6 nitrogen and oxygen atoms in total. The molecular formula is C21H23NO5S. The van der Waals surface area contributed by atoms with Gasteiger partial charge in [-0.25, -0.2) is 13.2 Å². The van der Waals surface area contributed by atoms with Gasteiger partial charge in [-0.15, -0.1) is 0 Å². The predicted octanol–water partition coefficient (Wildman–Crippen LogP) is 3.49. The quantitative estimate of drug-likeness (QED) is 0.692. The van der Waals surface area contributed by atoms with E-state index in [-0.39, 0.29) is 22.8 Å². The van der Waals surface area contributed by atoms with E-state index < -0.39 is 22.1 Å². The van der Waals surface area contributed by atoms with Gasteiger partial charge in [0, 0.05) is 13.0 Å². The zero-order valence-electron chi connectivity index (χ0n) is 15.9. The number of hydrogen-bond donors (Lipinski definition) is 0. The number of esters is 1. The van der Waals surface area contributed by atoms with Crippen molar-refractivity contribution in [3.05, 3.63) is 59.7 Å². The molecule has 3 rings (SSSR count). The third-order valence-electron chi connectivity index (χ3n) is 4.82. The van der Waals surface area contributed by atoms with Gasteiger partial charge in [0.1, 0.15) is 0 Å². The van der Waals surface area contributed by atoms with E-state index in [1.54, 1.807) is 44.2 Å². The van der Waals surface area contributed by atoms with E-state index in [1.165, 1.54) is 16.4 Å². The van der Waals surface area contributed by atoms with Crippen molar-refractivity contribution in [1.82, 2.24) is 0 Å². The molecule has 0 unspecified atom stereocenters. The number of Topliss-reactive ketones (excluding diaryl/α,β-unsaturated/α-hetero) is 1. The van der Waals surface area contributed by atoms with Crippen molar-refractivity contribution in [2.75, 3.05) is 10.8 Å². The number of anilines is 1. The van der Waals surface area contributed by atoms with Crippen LogP contribution in [-0.4, -0.2) is 32.8 Å². The maximum Gasteiger partial charge on any atom is 0.338 e. The van der Waals surface area contributed by atoms with E-state index in [0.29, 0.717) is 30.5 Å². The minimum atomic E-state index is -3.87. The first kappa shape index (κ1) is 20.1. The highest BCUT2D eigenvalue weighted by molar-refractivity contribution is 7.92. The highest BCUT2D eigenvalue weighted by Crippen LogP contribution is 2.27. The van der Waals surface area contributed by atoms with E-state index in [9.17, 15) is 18.0 Å². The number of rotatable bonds is 6. The number of para-hydroxylation sites is 1. The standard InChI is InChI=1S/C21H23NO5S/c1-3-22(17-8-5-4-6-9-17)28(25,26)20-14-16(13-12-15(20)2)21(24)27-19-11-7-10-18(19)23/h4-6,8-9,12-14,19H,3,7,10-11H2,1-2H3/t19-/m0/s1. The molecule has 1 fully saturated rings. The summed E-state index contributed by atoms with van der Waals surface area (Å²) in [7, 11) is -3.87. The molecule has 0 aromatic heterocycles. The average molecular weight is 401 g/mol. The first-order valence-corrected chi connectivity index (χ1v) is 10.7. The van der Waals surface area contributed by atoms with Crippen LogP contribution in [0.15, 0.2) is 53.4 Å². The van der Waals surface area contributed by atoms with Gasteiger partial charge in [0.05, 0.1) is 16.1 Å². The van der Waals surface area contributed by atoms with E-state index in [0.717, 1.165) is 0 Å². The molecule has 0 aliphatic heterocycles. The average Bonchev–Trinajstić information content (AvgIpc) is 3.07. The van der Waals surface area contributed by atoms with Crippen LogP contribution in [0.25, 0.3) is 0 Å². The second-order valence-corrected chi connectivity index (χ2v) is 8.57. The first-order valence-electron chi connectivity index (χ1n) is 9.26. The summed E-state index contributed by atoms with van der Waals surface area (Å²) in [5, 5.41) is 0. The molecule has 7 heteroatoms. The Kier molecular flexibility index (Phi) is 5.84. The van der Waals surface area contributed by atoms with Crippen LogP contribution in [0.5, 0.6) is 0 Å². The molecular weight excluding hydrogens is 378 g/mol. The molecule has 1 atom stereocenters. The van der Waals surface area contributed by atoms with E-state index in [4.69, 9.17) is 4.74 Å². The van der Waals surface area contributed by atoms with Gasteiger partial charge in [0.15, 0.2) is 11.9 Å². The number of ketones is 1. The maximum atomic E-state index is 13.3. The molecule has 148 valence electrons. The second-order valence-electron chi connectivity index (χ2n) is 6.74. The minimum absolute atomic E-state index is 0.0467. The number of aryl methyl sites for hydroxylation is 1. The largest absolute Gasteiger partial charge is 0.451 e.